The Morgan fingerprint density at radius 1 is 1.33 bits per heavy atom. The third-order valence-corrected chi connectivity index (χ3v) is 3.04. The van der Waals surface area contributed by atoms with Crippen molar-refractivity contribution in [2.75, 3.05) is 45.7 Å². The molecule has 1 rings (SSSR count). The number of likely N-dealkylation sites (N-methyl/N-ethyl adjacent to an activating group) is 1. The fraction of sp³-hybridized carbons (Fsp3) is 0.778. The van der Waals surface area contributed by atoms with Crippen LogP contribution >= 0.6 is 11.3 Å². The topological polar surface area (TPSA) is 50.3 Å². The van der Waals surface area contributed by atoms with Crippen molar-refractivity contribution in [3.8, 4) is 0 Å². The van der Waals surface area contributed by atoms with Crippen molar-refractivity contribution in [2.45, 2.75) is 6.18 Å². The Kier molecular flexibility index (Phi) is 5.76. The summed E-state index contributed by atoms with van der Waals surface area (Å²) in [4.78, 5) is 2.00. The second kappa shape index (κ2) is 6.86. The van der Waals surface area contributed by atoms with Crippen LogP contribution in [0, 0.1) is 0 Å². The Morgan fingerprint density at radius 2 is 2.06 bits per heavy atom. The molecule has 0 aromatic carbocycles. The largest absolute Gasteiger partial charge is 0.445 e. The van der Waals surface area contributed by atoms with Gasteiger partial charge in [-0.25, -0.2) is 0 Å². The molecule has 0 saturated heterocycles. The average molecular weight is 284 g/mol. The van der Waals surface area contributed by atoms with Gasteiger partial charge in [-0.05, 0) is 7.05 Å². The van der Waals surface area contributed by atoms with E-state index < -0.39 is 11.2 Å². The number of ether oxygens (including phenoxy) is 1. The van der Waals surface area contributed by atoms with E-state index in [1.165, 1.54) is 0 Å². The van der Waals surface area contributed by atoms with E-state index in [1.54, 1.807) is 7.11 Å². The quantitative estimate of drug-likeness (QED) is 0.823. The molecule has 0 bridgehead atoms. The Morgan fingerprint density at radius 3 is 2.61 bits per heavy atom. The molecular weight excluding hydrogens is 269 g/mol. The number of anilines is 1. The maximum Gasteiger partial charge on any atom is 0.445 e. The lowest BCUT2D eigenvalue weighted by Crippen LogP contribution is -2.28. The van der Waals surface area contributed by atoms with Gasteiger partial charge in [0.2, 0.25) is 10.1 Å². The molecule has 0 aliphatic carbocycles. The van der Waals surface area contributed by atoms with Crippen molar-refractivity contribution in [2.24, 2.45) is 0 Å². The van der Waals surface area contributed by atoms with Gasteiger partial charge < -0.3 is 15.0 Å². The molecule has 0 unspecified atom stereocenters. The number of nitrogens with zero attached hydrogens (tertiary/aromatic N) is 3. The number of hydrogen-bond acceptors (Lipinski definition) is 6. The van der Waals surface area contributed by atoms with Gasteiger partial charge in [0.1, 0.15) is 0 Å². The summed E-state index contributed by atoms with van der Waals surface area (Å²) in [5.41, 5.74) is 0. The molecule has 0 saturated carbocycles. The molecule has 0 radical (unpaired) electrons. The van der Waals surface area contributed by atoms with Crippen LogP contribution in [-0.4, -0.2) is 55.5 Å². The number of aromatic nitrogens is 2. The molecule has 1 N–H and O–H groups in total. The highest BCUT2D eigenvalue weighted by molar-refractivity contribution is 7.15. The first-order chi connectivity index (χ1) is 8.43. The minimum Gasteiger partial charge on any atom is -0.383 e. The molecule has 1 aromatic rings. The van der Waals surface area contributed by atoms with E-state index in [0.29, 0.717) is 31.0 Å². The monoisotopic (exact) mass is 284 g/mol. The second-order valence-corrected chi connectivity index (χ2v) is 4.61. The highest BCUT2D eigenvalue weighted by Crippen LogP contribution is 2.32. The summed E-state index contributed by atoms with van der Waals surface area (Å²) in [6.45, 7) is 2.58. The SMILES string of the molecule is COCCN(C)CCNc1nnc(C(F)(F)F)s1. The molecule has 1 heterocycles. The van der Waals surface area contributed by atoms with Gasteiger partial charge in [0, 0.05) is 26.7 Å². The van der Waals surface area contributed by atoms with Gasteiger partial charge in [-0.1, -0.05) is 11.3 Å². The van der Waals surface area contributed by atoms with Gasteiger partial charge in [-0.2, -0.15) is 13.2 Å². The van der Waals surface area contributed by atoms with Crippen molar-refractivity contribution < 1.29 is 17.9 Å². The maximum atomic E-state index is 12.2. The lowest BCUT2D eigenvalue weighted by Gasteiger charge is -2.15. The van der Waals surface area contributed by atoms with Gasteiger partial charge >= 0.3 is 6.18 Å². The zero-order valence-electron chi connectivity index (χ0n) is 10.1. The molecule has 0 aliphatic rings. The molecule has 5 nitrogen and oxygen atoms in total. The summed E-state index contributed by atoms with van der Waals surface area (Å²) in [7, 11) is 3.52. The predicted molar refractivity (Wildman–Crippen MR) is 62.8 cm³/mol. The normalized spacial score (nSPS) is 12.1. The summed E-state index contributed by atoms with van der Waals surface area (Å²) < 4.78 is 41.7. The zero-order chi connectivity index (χ0) is 13.6. The van der Waals surface area contributed by atoms with Crippen molar-refractivity contribution in [3.05, 3.63) is 5.01 Å². The number of hydrogen-bond donors (Lipinski definition) is 1. The van der Waals surface area contributed by atoms with Gasteiger partial charge in [0.15, 0.2) is 0 Å². The summed E-state index contributed by atoms with van der Waals surface area (Å²) in [6, 6.07) is 0. The molecule has 0 spiro atoms. The van der Waals surface area contributed by atoms with Crippen LogP contribution in [0.4, 0.5) is 18.3 Å². The number of nitrogens with one attached hydrogen (secondary N) is 1. The van der Waals surface area contributed by atoms with Crippen molar-refractivity contribution >= 4 is 16.5 Å². The van der Waals surface area contributed by atoms with Gasteiger partial charge in [0.05, 0.1) is 6.61 Å². The summed E-state index contributed by atoms with van der Waals surface area (Å²) in [5, 5.41) is 8.58. The first-order valence-electron chi connectivity index (χ1n) is 5.25. The third kappa shape index (κ3) is 5.15. The Bertz CT molecular complexity index is 358. The summed E-state index contributed by atoms with van der Waals surface area (Å²) in [5.74, 6) is 0. The van der Waals surface area contributed by atoms with E-state index in [0.717, 1.165) is 6.54 Å². The van der Waals surface area contributed by atoms with E-state index in [4.69, 9.17) is 4.74 Å². The summed E-state index contributed by atoms with van der Waals surface area (Å²) >= 11 is 0.508. The molecule has 0 aliphatic heterocycles. The number of alkyl halides is 3. The number of rotatable bonds is 7. The second-order valence-electron chi connectivity index (χ2n) is 3.63. The lowest BCUT2D eigenvalue weighted by molar-refractivity contribution is -0.138. The molecule has 0 amide bonds. The van der Waals surface area contributed by atoms with Crippen molar-refractivity contribution in [1.82, 2.24) is 15.1 Å². The molecule has 18 heavy (non-hydrogen) atoms. The Balaban J connectivity index is 2.29. The van der Waals surface area contributed by atoms with Crippen LogP contribution in [0.1, 0.15) is 5.01 Å². The highest BCUT2D eigenvalue weighted by Gasteiger charge is 2.35. The third-order valence-electron chi connectivity index (χ3n) is 2.11. The Hall–Kier alpha value is -0.930. The molecule has 0 fully saturated rings. The van der Waals surface area contributed by atoms with Crippen LogP contribution in [-0.2, 0) is 10.9 Å². The standard InChI is InChI=1S/C9H15F3N4OS/c1-16(5-6-17-2)4-3-13-8-15-14-7(18-8)9(10,11)12/h3-6H2,1-2H3,(H,13,15). The van der Waals surface area contributed by atoms with E-state index in [9.17, 15) is 13.2 Å². The van der Waals surface area contributed by atoms with Crippen LogP contribution < -0.4 is 5.32 Å². The van der Waals surface area contributed by atoms with E-state index in [1.807, 2.05) is 11.9 Å². The van der Waals surface area contributed by atoms with Crippen LogP contribution in [0.25, 0.3) is 0 Å². The molecule has 1 aromatic heterocycles. The lowest BCUT2D eigenvalue weighted by atomic mass is 10.5. The van der Waals surface area contributed by atoms with E-state index in [-0.39, 0.29) is 5.13 Å². The number of halogens is 3. The predicted octanol–water partition coefficient (Wildman–Crippen LogP) is 1.55. The number of methoxy groups -OCH3 is 1. The van der Waals surface area contributed by atoms with E-state index >= 15 is 0 Å². The van der Waals surface area contributed by atoms with Crippen LogP contribution in [0.5, 0.6) is 0 Å². The van der Waals surface area contributed by atoms with Crippen LogP contribution in [0.3, 0.4) is 0 Å². The minimum atomic E-state index is -4.42. The fourth-order valence-electron chi connectivity index (χ4n) is 1.12. The maximum absolute atomic E-state index is 12.2. The minimum absolute atomic E-state index is 0.183. The smallest absolute Gasteiger partial charge is 0.383 e. The zero-order valence-corrected chi connectivity index (χ0v) is 10.9. The highest BCUT2D eigenvalue weighted by atomic mass is 32.1. The Labute approximate surface area is 107 Å². The van der Waals surface area contributed by atoms with Crippen LogP contribution in [0.2, 0.25) is 0 Å². The van der Waals surface area contributed by atoms with Crippen molar-refractivity contribution in [1.29, 1.82) is 0 Å². The molecule has 104 valence electrons. The molecular formula is C9H15F3N4OS. The molecule has 0 atom stereocenters. The van der Waals surface area contributed by atoms with Crippen molar-refractivity contribution in [3.63, 3.8) is 0 Å². The van der Waals surface area contributed by atoms with Gasteiger partial charge in [-0.15, -0.1) is 10.2 Å². The van der Waals surface area contributed by atoms with Gasteiger partial charge in [-0.3, -0.25) is 0 Å². The fourth-order valence-corrected chi connectivity index (χ4v) is 1.76. The average Bonchev–Trinajstić information content (AvgIpc) is 2.74. The van der Waals surface area contributed by atoms with Gasteiger partial charge in [0.25, 0.3) is 0 Å². The first-order valence-corrected chi connectivity index (χ1v) is 6.07. The first kappa shape index (κ1) is 15.1. The van der Waals surface area contributed by atoms with E-state index in [2.05, 4.69) is 15.5 Å². The van der Waals surface area contributed by atoms with Crippen LogP contribution in [0.15, 0.2) is 0 Å². The summed E-state index contributed by atoms with van der Waals surface area (Å²) in [6.07, 6.45) is -4.42. The molecule has 9 heteroatoms.